The van der Waals surface area contributed by atoms with Crippen molar-refractivity contribution in [2.45, 2.75) is 43.4 Å². The second-order valence-electron chi connectivity index (χ2n) is 8.09. The van der Waals surface area contributed by atoms with Crippen LogP contribution in [0.3, 0.4) is 0 Å². The lowest BCUT2D eigenvalue weighted by Gasteiger charge is -2.16. The van der Waals surface area contributed by atoms with Gasteiger partial charge >= 0.3 is 0 Å². The molecule has 0 heterocycles. The van der Waals surface area contributed by atoms with Crippen molar-refractivity contribution in [2.24, 2.45) is 0 Å². The molecule has 0 radical (unpaired) electrons. The van der Waals surface area contributed by atoms with E-state index in [1.54, 1.807) is 30.3 Å². The van der Waals surface area contributed by atoms with Crippen LogP contribution in [0.25, 0.3) is 0 Å². The highest BCUT2D eigenvalue weighted by Gasteiger charge is 2.17. The summed E-state index contributed by atoms with van der Waals surface area (Å²) >= 11 is 0. The highest BCUT2D eigenvalue weighted by molar-refractivity contribution is 7.89. The maximum absolute atomic E-state index is 12.5. The number of fused-ring (bicyclic) bond motifs is 1. The highest BCUT2D eigenvalue weighted by Crippen LogP contribution is 2.24. The Morgan fingerprint density at radius 2 is 1.72 bits per heavy atom. The van der Waals surface area contributed by atoms with Crippen LogP contribution < -0.4 is 20.5 Å². The lowest BCUT2D eigenvalue weighted by molar-refractivity contribution is -0.121. The minimum atomic E-state index is -3.62. The molecule has 2 aromatic rings. The van der Waals surface area contributed by atoms with E-state index in [2.05, 4.69) is 15.6 Å². The van der Waals surface area contributed by atoms with Crippen LogP contribution in [0.15, 0.2) is 47.4 Å². The number of aryl methyl sites for hydroxylation is 2. The summed E-state index contributed by atoms with van der Waals surface area (Å²) in [6.07, 6.45) is 4.51. The second-order valence-corrected chi connectivity index (χ2v) is 9.85. The molecule has 3 N–H and O–H groups in total. The molecule has 32 heavy (non-hydrogen) atoms. The Morgan fingerprint density at radius 3 is 2.47 bits per heavy atom. The molecule has 2 amide bonds. The normalized spacial score (nSPS) is 13.2. The van der Waals surface area contributed by atoms with Crippen molar-refractivity contribution in [2.75, 3.05) is 25.5 Å². The molecule has 0 aromatic heterocycles. The molecule has 3 rings (SSSR count). The van der Waals surface area contributed by atoms with Gasteiger partial charge in [0.1, 0.15) is 0 Å². The Balaban J connectivity index is 1.42. The zero-order chi connectivity index (χ0) is 23.1. The van der Waals surface area contributed by atoms with Gasteiger partial charge in [-0.3, -0.25) is 20.4 Å². The largest absolute Gasteiger partial charge is 0.378 e. The molecule has 0 atom stereocenters. The predicted molar refractivity (Wildman–Crippen MR) is 124 cm³/mol. The molecule has 1 aliphatic carbocycles. The van der Waals surface area contributed by atoms with Crippen molar-refractivity contribution in [1.29, 1.82) is 0 Å². The van der Waals surface area contributed by atoms with Gasteiger partial charge in [0.2, 0.25) is 15.9 Å². The monoisotopic (exact) mass is 458 g/mol. The van der Waals surface area contributed by atoms with E-state index in [-0.39, 0.29) is 17.9 Å². The first kappa shape index (κ1) is 23.7. The number of carbonyl (C=O) groups is 2. The minimum Gasteiger partial charge on any atom is -0.378 e. The first-order valence-electron chi connectivity index (χ1n) is 10.7. The fourth-order valence-corrected chi connectivity index (χ4v) is 4.73. The van der Waals surface area contributed by atoms with Crippen molar-refractivity contribution in [3.8, 4) is 0 Å². The Kier molecular flexibility index (Phi) is 7.87. The van der Waals surface area contributed by atoms with Crippen molar-refractivity contribution in [1.82, 2.24) is 15.6 Å². The van der Waals surface area contributed by atoms with Gasteiger partial charge < -0.3 is 4.90 Å². The summed E-state index contributed by atoms with van der Waals surface area (Å²) in [6, 6.07) is 12.3. The number of nitrogens with one attached hydrogen (secondary N) is 3. The highest BCUT2D eigenvalue weighted by atomic mass is 32.2. The minimum absolute atomic E-state index is 0.0741. The summed E-state index contributed by atoms with van der Waals surface area (Å²) in [5, 5.41) is 0. The predicted octanol–water partition coefficient (Wildman–Crippen LogP) is 2.15. The van der Waals surface area contributed by atoms with Gasteiger partial charge in [-0.2, -0.15) is 0 Å². The lowest BCUT2D eigenvalue weighted by Crippen LogP contribution is -2.41. The third-order valence-electron chi connectivity index (χ3n) is 5.44. The van der Waals surface area contributed by atoms with Crippen LogP contribution in [0.5, 0.6) is 0 Å². The lowest BCUT2D eigenvalue weighted by atomic mass is 9.92. The number of nitrogens with zero attached hydrogens (tertiary/aromatic N) is 1. The maximum atomic E-state index is 12.5. The maximum Gasteiger partial charge on any atom is 0.269 e. The van der Waals surface area contributed by atoms with Gasteiger partial charge in [-0.15, -0.1) is 0 Å². The number of anilines is 1. The number of hydrogen-bond acceptors (Lipinski definition) is 5. The van der Waals surface area contributed by atoms with Gasteiger partial charge in [0.15, 0.2) is 0 Å². The standard InChI is InChI=1S/C23H30N4O4S/c1-27(2)20-10-5-9-19(15-20)23(29)26-25-22(28)11-6-14-24-32(30,31)21-13-12-17-7-3-4-8-18(17)16-21/h5,9-10,12-13,15-16,24H,3-4,6-8,11,14H2,1-2H3,(H,25,28)(H,26,29). The van der Waals surface area contributed by atoms with Crippen LogP contribution in [0.1, 0.15) is 47.2 Å². The Bertz CT molecular complexity index is 1080. The third kappa shape index (κ3) is 6.30. The summed E-state index contributed by atoms with van der Waals surface area (Å²) in [4.78, 5) is 26.3. The number of carbonyl (C=O) groups excluding carboxylic acids is 2. The molecule has 0 fully saturated rings. The van der Waals surface area contributed by atoms with Crippen LogP contribution in [0.4, 0.5) is 5.69 Å². The summed E-state index contributed by atoms with van der Waals surface area (Å²) in [6.45, 7) is 0.131. The molecule has 0 aliphatic heterocycles. The zero-order valence-corrected chi connectivity index (χ0v) is 19.3. The number of hydrazine groups is 1. The Labute approximate surface area is 189 Å². The number of benzene rings is 2. The van der Waals surface area contributed by atoms with Crippen LogP contribution in [0.2, 0.25) is 0 Å². The number of amides is 2. The molecule has 2 aromatic carbocycles. The number of hydrogen-bond donors (Lipinski definition) is 3. The van der Waals surface area contributed by atoms with Crippen LogP contribution >= 0.6 is 0 Å². The molecule has 1 aliphatic rings. The van der Waals surface area contributed by atoms with Gasteiger partial charge in [-0.25, -0.2) is 13.1 Å². The molecular weight excluding hydrogens is 428 g/mol. The quantitative estimate of drug-likeness (QED) is 0.415. The van der Waals surface area contributed by atoms with Crippen LogP contribution in [-0.4, -0.2) is 40.9 Å². The van der Waals surface area contributed by atoms with Gasteiger partial charge in [-0.05, 0) is 73.6 Å². The van der Waals surface area contributed by atoms with E-state index in [1.165, 1.54) is 5.56 Å². The van der Waals surface area contributed by atoms with Crippen molar-refractivity contribution in [3.05, 3.63) is 59.2 Å². The number of sulfonamides is 1. The third-order valence-corrected chi connectivity index (χ3v) is 6.90. The zero-order valence-electron chi connectivity index (χ0n) is 18.5. The summed E-state index contributed by atoms with van der Waals surface area (Å²) in [7, 11) is 0.127. The van der Waals surface area contributed by atoms with Crippen LogP contribution in [-0.2, 0) is 27.7 Å². The topological polar surface area (TPSA) is 108 Å². The van der Waals surface area contributed by atoms with Crippen molar-refractivity contribution >= 4 is 27.5 Å². The van der Waals surface area contributed by atoms with E-state index in [1.807, 2.05) is 31.1 Å². The van der Waals surface area contributed by atoms with Crippen LogP contribution in [0, 0.1) is 0 Å². The average molecular weight is 459 g/mol. The molecule has 0 saturated heterocycles. The number of rotatable bonds is 8. The van der Waals surface area contributed by atoms with Gasteiger partial charge in [-0.1, -0.05) is 12.1 Å². The smallest absolute Gasteiger partial charge is 0.269 e. The fraction of sp³-hybridized carbons (Fsp3) is 0.391. The van der Waals surface area contributed by atoms with Gasteiger partial charge in [0.25, 0.3) is 5.91 Å². The first-order chi connectivity index (χ1) is 15.3. The van der Waals surface area contributed by atoms with Gasteiger partial charge in [0.05, 0.1) is 4.90 Å². The SMILES string of the molecule is CN(C)c1cccc(C(=O)NNC(=O)CCCNS(=O)(=O)c2ccc3c(c2)CCCC3)c1. The van der Waals surface area contributed by atoms with E-state index < -0.39 is 21.8 Å². The van der Waals surface area contributed by atoms with Crippen molar-refractivity contribution < 1.29 is 18.0 Å². The molecule has 0 bridgehead atoms. The first-order valence-corrected chi connectivity index (χ1v) is 12.2. The molecule has 0 saturated carbocycles. The van der Waals surface area contributed by atoms with Gasteiger partial charge in [0, 0.05) is 38.3 Å². The molecule has 9 heteroatoms. The fourth-order valence-electron chi connectivity index (χ4n) is 3.60. The van der Waals surface area contributed by atoms with E-state index in [4.69, 9.17) is 0 Å². The average Bonchev–Trinajstić information content (AvgIpc) is 2.80. The van der Waals surface area contributed by atoms with E-state index >= 15 is 0 Å². The second kappa shape index (κ2) is 10.6. The molecule has 0 unspecified atom stereocenters. The van der Waals surface area contributed by atoms with E-state index in [9.17, 15) is 18.0 Å². The molecule has 172 valence electrons. The summed E-state index contributed by atoms with van der Waals surface area (Å²) in [5.74, 6) is -0.815. The van der Waals surface area contributed by atoms with Crippen molar-refractivity contribution in [3.63, 3.8) is 0 Å². The molecular formula is C23H30N4O4S. The molecule has 8 nitrogen and oxygen atoms in total. The van der Waals surface area contributed by atoms with E-state index in [0.29, 0.717) is 12.0 Å². The molecule has 0 spiro atoms. The Morgan fingerprint density at radius 1 is 0.969 bits per heavy atom. The summed E-state index contributed by atoms with van der Waals surface area (Å²) in [5.41, 5.74) is 8.37. The summed E-state index contributed by atoms with van der Waals surface area (Å²) < 4.78 is 27.6. The van der Waals surface area contributed by atoms with E-state index in [0.717, 1.165) is 36.9 Å². The Hall–Kier alpha value is -2.91.